The second-order valence-corrected chi connectivity index (χ2v) is 43.0. The average molecular weight is 902 g/mol. The first kappa shape index (κ1) is 44.3. The minimum absolute atomic E-state index is 1.10. The molecular formula is C40H68BrClSn2. The van der Waals surface area contributed by atoms with E-state index >= 15 is 0 Å². The summed E-state index contributed by atoms with van der Waals surface area (Å²) < 4.78 is 11.8. The zero-order valence-corrected chi connectivity index (χ0v) is 37.7. The molecule has 0 aliphatic rings. The Hall–Kier alpha value is 0.287. The minimum atomic E-state index is -2.18. The third-order valence-electron chi connectivity index (χ3n) is 8.83. The van der Waals surface area contributed by atoms with Crippen molar-refractivity contribution in [2.75, 3.05) is 0 Å². The maximum absolute atomic E-state index is 6.89. The molecule has 2 aromatic rings. The fourth-order valence-corrected chi connectivity index (χ4v) is 35.3. The Kier molecular flexibility index (Phi) is 28.5. The molecule has 0 aliphatic heterocycles. The van der Waals surface area contributed by atoms with Gasteiger partial charge in [0, 0.05) is 4.47 Å². The van der Waals surface area contributed by atoms with Crippen LogP contribution >= 0.6 is 24.9 Å². The first-order valence-corrected chi connectivity index (χ1v) is 36.0. The van der Waals surface area contributed by atoms with Crippen molar-refractivity contribution in [3.63, 3.8) is 0 Å². The number of halogens is 2. The van der Waals surface area contributed by atoms with Gasteiger partial charge in [-0.1, -0.05) is 40.7 Å². The molecule has 0 saturated carbocycles. The SMILES string of the molecule is C=Cc1cc[c]([Sn]([CH2]CCC)([CH2]CCC)[CH2]CCC)cc1.C=Cc1ccc(Br)cc1.CCC[CH2][Sn]([Cl])([CH2]CCC)[CH2]CCC. The van der Waals surface area contributed by atoms with Gasteiger partial charge in [0.25, 0.3) is 0 Å². The normalized spacial score (nSPS) is 11.2. The molecule has 0 N–H and O–H groups in total. The van der Waals surface area contributed by atoms with Crippen LogP contribution in [0.1, 0.15) is 130 Å². The molecule has 0 amide bonds. The second-order valence-electron chi connectivity index (χ2n) is 12.6. The van der Waals surface area contributed by atoms with Gasteiger partial charge in [0.1, 0.15) is 0 Å². The van der Waals surface area contributed by atoms with Crippen LogP contribution in [0.4, 0.5) is 0 Å². The predicted octanol–water partition coefficient (Wildman–Crippen LogP) is 15.0. The first-order chi connectivity index (χ1) is 21.2. The van der Waals surface area contributed by atoms with E-state index in [1.807, 2.05) is 36.4 Å². The number of unbranched alkanes of at least 4 members (excludes halogenated alkanes) is 6. The van der Waals surface area contributed by atoms with Crippen LogP contribution in [0.25, 0.3) is 12.2 Å². The number of hydrogen-bond acceptors (Lipinski definition) is 0. The average Bonchev–Trinajstić information content (AvgIpc) is 3.06. The van der Waals surface area contributed by atoms with Gasteiger partial charge in [0.15, 0.2) is 0 Å². The van der Waals surface area contributed by atoms with Crippen LogP contribution in [0, 0.1) is 0 Å². The fourth-order valence-electron chi connectivity index (χ4n) is 5.78. The molecule has 0 aromatic heterocycles. The van der Waals surface area contributed by atoms with Crippen LogP contribution in [0.5, 0.6) is 0 Å². The molecule has 0 spiro atoms. The molecule has 0 aliphatic carbocycles. The summed E-state index contributed by atoms with van der Waals surface area (Å²) >= 11 is -0.931. The van der Waals surface area contributed by atoms with E-state index in [-0.39, 0.29) is 0 Å². The third kappa shape index (κ3) is 19.8. The Labute approximate surface area is 295 Å². The Morgan fingerprint density at radius 2 is 0.818 bits per heavy atom. The summed E-state index contributed by atoms with van der Waals surface area (Å²) in [6.07, 6.45) is 20.3. The third-order valence-corrected chi connectivity index (χ3v) is 39.5. The van der Waals surface area contributed by atoms with Gasteiger partial charge in [-0.15, -0.1) is 0 Å². The van der Waals surface area contributed by atoms with E-state index in [1.165, 1.54) is 95.9 Å². The second kappa shape index (κ2) is 28.3. The number of hydrogen-bond donors (Lipinski definition) is 0. The van der Waals surface area contributed by atoms with Crippen molar-refractivity contribution in [3.05, 3.63) is 77.3 Å². The summed E-state index contributed by atoms with van der Waals surface area (Å²) in [5.74, 6) is 0. The summed E-state index contributed by atoms with van der Waals surface area (Å²) in [5.41, 5.74) is 2.42. The fraction of sp³-hybridized carbons (Fsp3) is 0.600. The van der Waals surface area contributed by atoms with Crippen molar-refractivity contribution in [2.45, 2.75) is 145 Å². The van der Waals surface area contributed by atoms with Crippen molar-refractivity contribution >= 4 is 76.2 Å². The Morgan fingerprint density at radius 3 is 1.11 bits per heavy atom. The van der Waals surface area contributed by atoms with Crippen LogP contribution in [-0.4, -0.2) is 35.6 Å². The molecular weight excluding hydrogens is 833 g/mol. The zero-order chi connectivity index (χ0) is 33.1. The van der Waals surface area contributed by atoms with Gasteiger partial charge in [0.05, 0.1) is 0 Å². The molecule has 2 rings (SSSR count). The molecule has 44 heavy (non-hydrogen) atoms. The van der Waals surface area contributed by atoms with E-state index < -0.39 is 35.6 Å². The van der Waals surface area contributed by atoms with Crippen molar-refractivity contribution in [1.29, 1.82) is 0 Å². The van der Waals surface area contributed by atoms with E-state index in [1.54, 1.807) is 16.9 Å². The molecule has 0 atom stereocenters. The zero-order valence-electron chi connectivity index (χ0n) is 29.7. The van der Waals surface area contributed by atoms with Gasteiger partial charge in [-0.3, -0.25) is 0 Å². The van der Waals surface area contributed by atoms with E-state index in [2.05, 4.69) is 94.9 Å². The van der Waals surface area contributed by atoms with Gasteiger partial charge in [0.2, 0.25) is 0 Å². The van der Waals surface area contributed by atoms with E-state index in [0.29, 0.717) is 0 Å². The van der Waals surface area contributed by atoms with Crippen LogP contribution in [-0.2, 0) is 0 Å². The summed E-state index contributed by atoms with van der Waals surface area (Å²) in [6, 6.07) is 17.5. The van der Waals surface area contributed by atoms with Crippen molar-refractivity contribution in [3.8, 4) is 0 Å². The quantitative estimate of drug-likeness (QED) is 0.110. The van der Waals surface area contributed by atoms with Crippen molar-refractivity contribution in [2.24, 2.45) is 0 Å². The van der Waals surface area contributed by atoms with Gasteiger partial charge >= 0.3 is 236 Å². The molecule has 0 bridgehead atoms. The van der Waals surface area contributed by atoms with Gasteiger partial charge in [-0.05, 0) is 17.7 Å². The van der Waals surface area contributed by atoms with Crippen LogP contribution < -0.4 is 3.58 Å². The molecule has 0 fully saturated rings. The molecule has 0 radical (unpaired) electrons. The van der Waals surface area contributed by atoms with E-state index in [0.717, 1.165) is 10.0 Å². The predicted molar refractivity (Wildman–Crippen MR) is 216 cm³/mol. The summed E-state index contributed by atoms with van der Waals surface area (Å²) in [4.78, 5) is 0. The molecule has 0 saturated heterocycles. The maximum atomic E-state index is 6.89. The Morgan fingerprint density at radius 1 is 0.523 bits per heavy atom. The molecule has 4 heteroatoms. The summed E-state index contributed by atoms with van der Waals surface area (Å²) in [5, 5.41) is 0. The number of benzene rings is 2. The van der Waals surface area contributed by atoms with Crippen LogP contribution in [0.3, 0.4) is 0 Å². The van der Waals surface area contributed by atoms with Crippen molar-refractivity contribution in [1.82, 2.24) is 0 Å². The van der Waals surface area contributed by atoms with E-state index in [4.69, 9.17) is 8.92 Å². The molecule has 250 valence electrons. The van der Waals surface area contributed by atoms with Crippen LogP contribution in [0.2, 0.25) is 26.6 Å². The van der Waals surface area contributed by atoms with Gasteiger partial charge in [-0.25, -0.2) is 0 Å². The molecule has 0 nitrogen and oxygen atoms in total. The molecule has 2 aromatic carbocycles. The topological polar surface area (TPSA) is 0 Å². The Bertz CT molecular complexity index is 911. The van der Waals surface area contributed by atoms with Gasteiger partial charge < -0.3 is 0 Å². The first-order valence-electron chi connectivity index (χ1n) is 18.0. The number of rotatable bonds is 21. The van der Waals surface area contributed by atoms with Crippen LogP contribution in [0.15, 0.2) is 66.2 Å². The van der Waals surface area contributed by atoms with Crippen molar-refractivity contribution < 1.29 is 0 Å². The molecule has 0 heterocycles. The monoisotopic (exact) mass is 902 g/mol. The standard InChI is InChI=1S/C8H7Br.C8H7.6C4H9.ClH.2Sn/c1-2-7-3-5-8(9)6-4-7;1-2-8-6-4-3-5-7-8;6*1-3-4-2;;;/h2-6H,1H2;2,4-7H,1H2;6*1,3-4H2,2H3;1H;;/q;;;;;;;;;;+1/p-1. The summed E-state index contributed by atoms with van der Waals surface area (Å²) in [6.45, 7) is 21.4. The van der Waals surface area contributed by atoms with Gasteiger partial charge in [-0.2, -0.15) is 0 Å². The van der Waals surface area contributed by atoms with E-state index in [9.17, 15) is 0 Å². The molecule has 0 unspecified atom stereocenters. The Balaban J connectivity index is 0.000000690. The summed E-state index contributed by atoms with van der Waals surface area (Å²) in [7, 11) is 6.89.